The number of hydrogen-bond donors (Lipinski definition) is 1. The number of halogens is 4. The maximum absolute atomic E-state index is 13.5. The van der Waals surface area contributed by atoms with Gasteiger partial charge in [-0.05, 0) is 78.0 Å². The molecule has 0 saturated heterocycles. The highest BCUT2D eigenvalue weighted by Gasteiger charge is 2.33. The molecule has 0 fully saturated rings. The number of hydrogen-bond acceptors (Lipinski definition) is 5. The van der Waals surface area contributed by atoms with E-state index in [1.54, 1.807) is 24.3 Å². The van der Waals surface area contributed by atoms with E-state index in [2.05, 4.69) is 37.6 Å². The first-order valence-electron chi connectivity index (χ1n) is 8.94. The van der Waals surface area contributed by atoms with Gasteiger partial charge in [-0.25, -0.2) is 13.4 Å². The van der Waals surface area contributed by atoms with Gasteiger partial charge in [0, 0.05) is 14.8 Å². The molecule has 1 N–H and O–H groups in total. The van der Waals surface area contributed by atoms with Gasteiger partial charge in [0.15, 0.2) is 0 Å². The van der Waals surface area contributed by atoms with Gasteiger partial charge < -0.3 is 10.1 Å². The van der Waals surface area contributed by atoms with Gasteiger partial charge in [0.25, 0.3) is 10.0 Å². The average Bonchev–Trinajstić information content (AvgIpc) is 2.83. The molecule has 4 rings (SSSR count). The van der Waals surface area contributed by atoms with Crippen LogP contribution in [0.3, 0.4) is 0 Å². The molecule has 1 aliphatic heterocycles. The molecule has 6 nitrogen and oxygen atoms in total. The minimum atomic E-state index is -4.86. The molecular weight excluding hydrogens is 546 g/mol. The van der Waals surface area contributed by atoms with Crippen molar-refractivity contribution in [1.29, 1.82) is 0 Å². The molecule has 162 valence electrons. The summed E-state index contributed by atoms with van der Waals surface area (Å²) in [7, 11) is -4.10. The quantitative estimate of drug-likeness (QED) is 0.437. The summed E-state index contributed by atoms with van der Waals surface area (Å²) in [6, 6.07) is 13.0. The van der Waals surface area contributed by atoms with Crippen molar-refractivity contribution in [2.45, 2.75) is 24.7 Å². The number of aryl methyl sites for hydroxylation is 1. The molecule has 11 heteroatoms. The Labute approximate surface area is 190 Å². The van der Waals surface area contributed by atoms with Gasteiger partial charge in [-0.1, -0.05) is 6.07 Å². The van der Waals surface area contributed by atoms with Crippen LogP contribution in [0.2, 0.25) is 0 Å². The van der Waals surface area contributed by atoms with Gasteiger partial charge in [0.1, 0.15) is 11.6 Å². The van der Waals surface area contributed by atoms with Gasteiger partial charge in [-0.3, -0.25) is 4.31 Å². The Kier molecular flexibility index (Phi) is 5.50. The maximum Gasteiger partial charge on any atom is 0.573 e. The minimum absolute atomic E-state index is 0.00580. The van der Waals surface area contributed by atoms with Crippen molar-refractivity contribution < 1.29 is 26.3 Å². The zero-order chi connectivity index (χ0) is 22.4. The summed E-state index contributed by atoms with van der Waals surface area (Å²) >= 11 is 2.09. The van der Waals surface area contributed by atoms with Crippen LogP contribution in [0.25, 0.3) is 0 Å². The molecule has 31 heavy (non-hydrogen) atoms. The lowest BCUT2D eigenvalue weighted by Gasteiger charge is -2.24. The molecule has 3 aromatic rings. The normalized spacial score (nSPS) is 13.6. The maximum atomic E-state index is 13.5. The van der Waals surface area contributed by atoms with E-state index in [-0.39, 0.29) is 11.4 Å². The number of ether oxygens (including phenoxy) is 1. The number of sulfonamides is 1. The topological polar surface area (TPSA) is 71.5 Å². The van der Waals surface area contributed by atoms with E-state index in [0.717, 1.165) is 33.5 Å². The van der Waals surface area contributed by atoms with Crippen LogP contribution in [0.1, 0.15) is 11.3 Å². The third-order valence-corrected chi connectivity index (χ3v) is 7.00. The summed E-state index contributed by atoms with van der Waals surface area (Å²) in [5.74, 6) is 0.0537. The number of nitrogens with one attached hydrogen (secondary N) is 1. The second kappa shape index (κ2) is 7.86. The number of anilines is 3. The largest absolute Gasteiger partial charge is 0.573 e. The lowest BCUT2D eigenvalue weighted by molar-refractivity contribution is -0.274. The van der Waals surface area contributed by atoms with E-state index < -0.39 is 22.1 Å². The Balaban J connectivity index is 1.79. The van der Waals surface area contributed by atoms with Gasteiger partial charge >= 0.3 is 6.36 Å². The van der Waals surface area contributed by atoms with Crippen molar-refractivity contribution in [2.75, 3.05) is 9.62 Å². The van der Waals surface area contributed by atoms with Crippen LogP contribution in [0.4, 0.5) is 30.4 Å². The smallest absolute Gasteiger partial charge is 0.406 e. The van der Waals surface area contributed by atoms with Gasteiger partial charge in [0.2, 0.25) is 0 Å². The third kappa shape index (κ3) is 4.56. The number of pyridine rings is 1. The van der Waals surface area contributed by atoms with Crippen molar-refractivity contribution in [2.24, 2.45) is 0 Å². The van der Waals surface area contributed by atoms with Crippen molar-refractivity contribution in [3.8, 4) is 5.75 Å². The van der Waals surface area contributed by atoms with Crippen molar-refractivity contribution in [1.82, 2.24) is 4.98 Å². The van der Waals surface area contributed by atoms with Crippen LogP contribution in [-0.4, -0.2) is 19.8 Å². The lowest BCUT2D eigenvalue weighted by Crippen LogP contribution is -2.30. The number of nitrogens with zero attached hydrogens (tertiary/aromatic N) is 2. The van der Waals surface area contributed by atoms with Crippen LogP contribution < -0.4 is 14.4 Å². The van der Waals surface area contributed by atoms with Crippen LogP contribution in [0.15, 0.2) is 59.5 Å². The predicted molar refractivity (Wildman–Crippen MR) is 118 cm³/mol. The van der Waals surface area contributed by atoms with Gasteiger partial charge in [0.05, 0.1) is 22.8 Å². The molecule has 0 spiro atoms. The molecule has 0 bridgehead atoms. The third-order valence-electron chi connectivity index (χ3n) is 4.56. The fourth-order valence-electron chi connectivity index (χ4n) is 3.16. The zero-order valence-corrected chi connectivity index (χ0v) is 18.9. The number of rotatable bonds is 3. The second-order valence-corrected chi connectivity index (χ2v) is 9.89. The first kappa shape index (κ1) is 21.7. The molecule has 1 aromatic heterocycles. The van der Waals surface area contributed by atoms with E-state index in [0.29, 0.717) is 22.8 Å². The SMILES string of the molecule is Cc1ccc2c(n1)Nc1ccc(I)cc1N(S(=O)(=O)c1ccc(OC(F)(F)F)cc1)C2. The molecule has 0 aliphatic carbocycles. The predicted octanol–water partition coefficient (Wildman–Crippen LogP) is 5.35. The molecule has 0 unspecified atom stereocenters. The molecule has 0 radical (unpaired) electrons. The summed E-state index contributed by atoms with van der Waals surface area (Å²) in [4.78, 5) is 4.32. The van der Waals surface area contributed by atoms with Crippen molar-refractivity contribution >= 4 is 49.8 Å². The van der Waals surface area contributed by atoms with E-state index in [9.17, 15) is 21.6 Å². The van der Waals surface area contributed by atoms with Crippen LogP contribution >= 0.6 is 22.6 Å². The first-order valence-corrected chi connectivity index (χ1v) is 11.5. The standard InChI is InChI=1S/C20H15F3IN3O3S/c1-12-2-3-13-11-27(18-10-14(24)4-9-17(18)26-19(13)25-12)31(28,29)16-7-5-15(6-8-16)30-20(21,22)23/h2-10H,11H2,1H3,(H,25,26). The fourth-order valence-corrected chi connectivity index (χ4v) is 5.09. The molecule has 1 aliphatic rings. The first-order chi connectivity index (χ1) is 14.5. The number of benzene rings is 2. The highest BCUT2D eigenvalue weighted by atomic mass is 127. The molecule has 0 atom stereocenters. The summed E-state index contributed by atoms with van der Waals surface area (Å²) in [5.41, 5.74) is 2.41. The molecule has 0 saturated carbocycles. The van der Waals surface area contributed by atoms with E-state index in [1.165, 1.54) is 4.31 Å². The Hall–Kier alpha value is -2.54. The highest BCUT2D eigenvalue weighted by molar-refractivity contribution is 14.1. The van der Waals surface area contributed by atoms with Crippen LogP contribution in [0.5, 0.6) is 5.75 Å². The Bertz CT molecular complexity index is 1250. The summed E-state index contributed by atoms with van der Waals surface area (Å²) in [6.45, 7) is 1.84. The van der Waals surface area contributed by atoms with Crippen molar-refractivity contribution in [3.05, 3.63) is 69.4 Å². The van der Waals surface area contributed by atoms with E-state index in [1.807, 2.05) is 13.0 Å². The Morgan fingerprint density at radius 1 is 1.10 bits per heavy atom. The highest BCUT2D eigenvalue weighted by Crippen LogP contribution is 2.39. The summed E-state index contributed by atoms with van der Waals surface area (Å²) in [6.07, 6.45) is -4.86. The number of alkyl halides is 3. The minimum Gasteiger partial charge on any atom is -0.406 e. The Morgan fingerprint density at radius 2 is 1.81 bits per heavy atom. The van der Waals surface area contributed by atoms with Gasteiger partial charge in [-0.15, -0.1) is 13.2 Å². The van der Waals surface area contributed by atoms with Crippen molar-refractivity contribution in [3.63, 3.8) is 0 Å². The van der Waals surface area contributed by atoms with E-state index >= 15 is 0 Å². The zero-order valence-electron chi connectivity index (χ0n) is 15.9. The van der Waals surface area contributed by atoms with Gasteiger partial charge in [-0.2, -0.15) is 0 Å². The lowest BCUT2D eigenvalue weighted by atomic mass is 10.2. The fraction of sp³-hybridized carbons (Fsp3) is 0.150. The molecule has 2 heterocycles. The number of fused-ring (bicyclic) bond motifs is 2. The average molecular weight is 561 g/mol. The molecule has 0 amide bonds. The monoisotopic (exact) mass is 561 g/mol. The number of aromatic nitrogens is 1. The summed E-state index contributed by atoms with van der Waals surface area (Å²) < 4.78 is 70.1. The summed E-state index contributed by atoms with van der Waals surface area (Å²) in [5, 5.41) is 3.19. The molecular formula is C20H15F3IN3O3S. The van der Waals surface area contributed by atoms with Crippen LogP contribution in [-0.2, 0) is 16.6 Å². The second-order valence-electron chi connectivity index (χ2n) is 6.78. The van der Waals surface area contributed by atoms with E-state index in [4.69, 9.17) is 0 Å². The Morgan fingerprint density at radius 3 is 2.48 bits per heavy atom. The molecule has 2 aromatic carbocycles. The van der Waals surface area contributed by atoms with Crippen LogP contribution in [0, 0.1) is 10.5 Å².